The number of benzene rings is 1. The number of nitrogens with zero attached hydrogens (tertiary/aromatic N) is 4. The van der Waals surface area contributed by atoms with Crippen molar-refractivity contribution in [2.45, 2.75) is 51.8 Å². The lowest BCUT2D eigenvalue weighted by Crippen LogP contribution is -2.26. The second-order valence-electron chi connectivity index (χ2n) is 7.93. The van der Waals surface area contributed by atoms with E-state index in [1.54, 1.807) is 0 Å². The van der Waals surface area contributed by atoms with E-state index in [-0.39, 0.29) is 24.5 Å². The monoisotopic (exact) mass is 463 g/mol. The van der Waals surface area contributed by atoms with Crippen LogP contribution in [0, 0.1) is 6.92 Å². The van der Waals surface area contributed by atoms with Crippen LogP contribution >= 0.6 is 0 Å². The fourth-order valence-electron chi connectivity index (χ4n) is 3.82. The van der Waals surface area contributed by atoms with Crippen LogP contribution < -0.4 is 15.0 Å². The van der Waals surface area contributed by atoms with Crippen LogP contribution in [-0.2, 0) is 11.2 Å². The number of carbonyl (C=O) groups is 1. The zero-order chi connectivity index (χ0) is 23.4. The van der Waals surface area contributed by atoms with E-state index in [0.717, 1.165) is 55.0 Å². The number of alkyl halides is 3. The van der Waals surface area contributed by atoms with Crippen LogP contribution in [0.25, 0.3) is 11.1 Å². The van der Waals surface area contributed by atoms with Crippen LogP contribution in [-0.4, -0.2) is 40.5 Å². The van der Waals surface area contributed by atoms with Crippen molar-refractivity contribution < 1.29 is 27.2 Å². The Labute approximate surface area is 188 Å². The fourth-order valence-corrected chi connectivity index (χ4v) is 3.82. The zero-order valence-electron chi connectivity index (χ0n) is 18.1. The zero-order valence-corrected chi connectivity index (χ0v) is 18.1. The Kier molecular flexibility index (Phi) is 6.66. The Morgan fingerprint density at radius 3 is 2.48 bits per heavy atom. The van der Waals surface area contributed by atoms with E-state index in [2.05, 4.69) is 25.1 Å². The predicted octanol–water partition coefficient (Wildman–Crippen LogP) is 4.78. The summed E-state index contributed by atoms with van der Waals surface area (Å²) in [7, 11) is 0. The Hall–Kier alpha value is -3.37. The van der Waals surface area contributed by atoms with Gasteiger partial charge in [-0.25, -0.2) is 4.98 Å². The standard InChI is InChI=1S/C22H24F3N5O3/c1-14-19-20(30-12-4-2-3-5-13-30)27-17(28-21(19)33-29-14)10-11-18(31)26-15-6-8-16(9-7-15)32-22(23,24)25/h6-9H,2-5,10-13H2,1H3,(H,26,31). The number of fused-ring (bicyclic) bond motifs is 1. The SMILES string of the molecule is Cc1noc2nc(CCC(=O)Nc3ccc(OC(F)(F)F)cc3)nc(N3CCCCCC3)c12. The van der Waals surface area contributed by atoms with Gasteiger partial charge in [0.2, 0.25) is 5.91 Å². The molecule has 11 heteroatoms. The van der Waals surface area contributed by atoms with Gasteiger partial charge in [0.15, 0.2) is 0 Å². The van der Waals surface area contributed by atoms with Gasteiger partial charge in [0.05, 0.1) is 5.69 Å². The first-order valence-corrected chi connectivity index (χ1v) is 10.8. The van der Waals surface area contributed by atoms with Gasteiger partial charge in [-0.2, -0.15) is 4.98 Å². The number of rotatable bonds is 6. The van der Waals surface area contributed by atoms with Crippen molar-refractivity contribution in [3.8, 4) is 5.75 Å². The molecule has 1 aliphatic heterocycles. The summed E-state index contributed by atoms with van der Waals surface area (Å²) in [6.45, 7) is 3.64. The lowest BCUT2D eigenvalue weighted by Gasteiger charge is -2.22. The second kappa shape index (κ2) is 9.63. The average Bonchev–Trinajstić information content (AvgIpc) is 2.97. The van der Waals surface area contributed by atoms with Gasteiger partial charge in [-0.3, -0.25) is 4.79 Å². The fraction of sp³-hybridized carbons (Fsp3) is 0.455. The van der Waals surface area contributed by atoms with E-state index in [0.29, 0.717) is 17.2 Å². The normalized spacial score (nSPS) is 14.8. The van der Waals surface area contributed by atoms with Crippen molar-refractivity contribution in [3.63, 3.8) is 0 Å². The molecular formula is C22H24F3N5O3. The van der Waals surface area contributed by atoms with Gasteiger partial charge in [-0.15, -0.1) is 13.2 Å². The first-order valence-electron chi connectivity index (χ1n) is 10.8. The lowest BCUT2D eigenvalue weighted by atomic mass is 10.2. The summed E-state index contributed by atoms with van der Waals surface area (Å²) in [6.07, 6.45) is 0.144. The third kappa shape index (κ3) is 5.91. The minimum Gasteiger partial charge on any atom is -0.406 e. The van der Waals surface area contributed by atoms with Gasteiger partial charge in [0.1, 0.15) is 22.8 Å². The molecule has 1 N–H and O–H groups in total. The topological polar surface area (TPSA) is 93.4 Å². The van der Waals surface area contributed by atoms with Crippen LogP contribution in [0.3, 0.4) is 0 Å². The van der Waals surface area contributed by atoms with Gasteiger partial charge < -0.3 is 19.5 Å². The minimum atomic E-state index is -4.76. The summed E-state index contributed by atoms with van der Waals surface area (Å²) in [6, 6.07) is 4.96. The third-order valence-electron chi connectivity index (χ3n) is 5.39. The number of anilines is 2. The van der Waals surface area contributed by atoms with Crippen molar-refractivity contribution in [3.05, 3.63) is 35.8 Å². The molecular weight excluding hydrogens is 439 g/mol. The van der Waals surface area contributed by atoms with Gasteiger partial charge in [-0.1, -0.05) is 18.0 Å². The molecule has 0 aliphatic carbocycles. The molecule has 176 valence electrons. The third-order valence-corrected chi connectivity index (χ3v) is 5.39. The van der Waals surface area contributed by atoms with E-state index in [1.807, 2.05) is 6.92 Å². The minimum absolute atomic E-state index is 0.0961. The van der Waals surface area contributed by atoms with Crippen LogP contribution in [0.4, 0.5) is 24.7 Å². The van der Waals surface area contributed by atoms with Crippen LogP contribution in [0.2, 0.25) is 0 Å². The summed E-state index contributed by atoms with van der Waals surface area (Å²) < 4.78 is 46.0. The molecule has 1 amide bonds. The van der Waals surface area contributed by atoms with Gasteiger partial charge >= 0.3 is 6.36 Å². The summed E-state index contributed by atoms with van der Waals surface area (Å²) in [5.74, 6) is 0.595. The maximum absolute atomic E-state index is 12.4. The highest BCUT2D eigenvalue weighted by Crippen LogP contribution is 2.29. The van der Waals surface area contributed by atoms with Crippen molar-refractivity contribution in [1.82, 2.24) is 15.1 Å². The predicted molar refractivity (Wildman–Crippen MR) is 115 cm³/mol. The molecule has 0 bridgehead atoms. The highest BCUT2D eigenvalue weighted by molar-refractivity contribution is 5.91. The molecule has 4 rings (SSSR count). The maximum Gasteiger partial charge on any atom is 0.573 e. The van der Waals surface area contributed by atoms with E-state index in [1.165, 1.54) is 25.0 Å². The number of ether oxygens (including phenoxy) is 1. The van der Waals surface area contributed by atoms with E-state index in [9.17, 15) is 18.0 Å². The molecule has 3 heterocycles. The Morgan fingerprint density at radius 2 is 1.82 bits per heavy atom. The number of hydrogen-bond donors (Lipinski definition) is 1. The molecule has 0 atom stereocenters. The van der Waals surface area contributed by atoms with Gasteiger partial charge in [0, 0.05) is 31.6 Å². The first-order chi connectivity index (χ1) is 15.8. The maximum atomic E-state index is 12.4. The molecule has 0 unspecified atom stereocenters. The molecule has 1 aliphatic rings. The molecule has 3 aromatic rings. The second-order valence-corrected chi connectivity index (χ2v) is 7.93. The van der Waals surface area contributed by atoms with Crippen LogP contribution in [0.5, 0.6) is 5.75 Å². The number of carbonyl (C=O) groups excluding carboxylic acids is 1. The number of halogens is 3. The molecule has 0 spiro atoms. The van der Waals surface area contributed by atoms with E-state index >= 15 is 0 Å². The number of aromatic nitrogens is 3. The number of aryl methyl sites for hydroxylation is 2. The largest absolute Gasteiger partial charge is 0.573 e. The Balaban J connectivity index is 1.43. The van der Waals surface area contributed by atoms with Crippen molar-refractivity contribution in [2.24, 2.45) is 0 Å². The van der Waals surface area contributed by atoms with Gasteiger partial charge in [-0.05, 0) is 44.0 Å². The van der Waals surface area contributed by atoms with Gasteiger partial charge in [0.25, 0.3) is 5.71 Å². The first kappa shape index (κ1) is 22.8. The molecule has 33 heavy (non-hydrogen) atoms. The van der Waals surface area contributed by atoms with E-state index < -0.39 is 6.36 Å². The highest BCUT2D eigenvalue weighted by atomic mass is 19.4. The summed E-state index contributed by atoms with van der Waals surface area (Å²) in [4.78, 5) is 23.8. The van der Waals surface area contributed by atoms with Crippen molar-refractivity contribution in [1.29, 1.82) is 0 Å². The van der Waals surface area contributed by atoms with Crippen molar-refractivity contribution >= 4 is 28.5 Å². The number of amides is 1. The quantitative estimate of drug-likeness (QED) is 0.562. The van der Waals surface area contributed by atoms with Crippen LogP contribution in [0.1, 0.15) is 43.6 Å². The Morgan fingerprint density at radius 1 is 1.12 bits per heavy atom. The number of hydrogen-bond acceptors (Lipinski definition) is 7. The lowest BCUT2D eigenvalue weighted by molar-refractivity contribution is -0.274. The molecule has 1 aromatic carbocycles. The Bertz CT molecular complexity index is 1110. The highest BCUT2D eigenvalue weighted by Gasteiger charge is 2.31. The molecule has 0 radical (unpaired) electrons. The summed E-state index contributed by atoms with van der Waals surface area (Å²) in [5.41, 5.74) is 1.49. The average molecular weight is 463 g/mol. The number of nitrogens with one attached hydrogen (secondary N) is 1. The molecule has 8 nitrogen and oxygen atoms in total. The summed E-state index contributed by atoms with van der Waals surface area (Å²) in [5, 5.41) is 7.48. The molecule has 1 saturated heterocycles. The van der Waals surface area contributed by atoms with E-state index in [4.69, 9.17) is 9.51 Å². The summed E-state index contributed by atoms with van der Waals surface area (Å²) >= 11 is 0. The van der Waals surface area contributed by atoms with Crippen LogP contribution in [0.15, 0.2) is 28.8 Å². The smallest absolute Gasteiger partial charge is 0.406 e. The molecule has 0 saturated carbocycles. The van der Waals surface area contributed by atoms with Crippen molar-refractivity contribution in [2.75, 3.05) is 23.3 Å². The molecule has 1 fully saturated rings. The molecule has 2 aromatic heterocycles.